The molecule has 0 radical (unpaired) electrons. The number of allylic oxidation sites excluding steroid dienone is 1. The Bertz CT molecular complexity index is 792. The molecule has 1 amide bonds. The average Bonchev–Trinajstić information content (AvgIpc) is 3.00. The van der Waals surface area contributed by atoms with Crippen LogP contribution in [0.15, 0.2) is 48.5 Å². The molecule has 0 aromatic heterocycles. The predicted octanol–water partition coefficient (Wildman–Crippen LogP) is 3.99. The molecule has 0 aliphatic carbocycles. The first-order valence-corrected chi connectivity index (χ1v) is 7.63. The second kappa shape index (κ2) is 6.74. The van der Waals surface area contributed by atoms with Crippen molar-refractivity contribution in [1.29, 1.82) is 0 Å². The molecule has 1 heterocycles. The molecule has 122 valence electrons. The lowest BCUT2D eigenvalue weighted by Crippen LogP contribution is -2.23. The number of halogens is 2. The molecule has 0 spiro atoms. The first kappa shape index (κ1) is 16.1. The summed E-state index contributed by atoms with van der Waals surface area (Å²) in [7, 11) is 0. The van der Waals surface area contributed by atoms with Crippen LogP contribution in [0.25, 0.3) is 6.08 Å². The summed E-state index contributed by atoms with van der Waals surface area (Å²) in [5.74, 6) is -1.73. The molecular weight excluding hydrogens is 312 g/mol. The molecule has 3 rings (SSSR count). The first-order valence-electron chi connectivity index (χ1n) is 7.63. The van der Waals surface area contributed by atoms with Crippen LogP contribution in [0.1, 0.15) is 28.8 Å². The molecule has 0 unspecified atom stereocenters. The number of amides is 1. The maximum Gasteiger partial charge on any atom is 0.227 e. The summed E-state index contributed by atoms with van der Waals surface area (Å²) in [4.78, 5) is 25.5. The largest absolute Gasteiger partial charge is 0.312 e. The molecule has 0 atom stereocenters. The summed E-state index contributed by atoms with van der Waals surface area (Å²) in [5, 5.41) is 0. The van der Waals surface area contributed by atoms with Crippen LogP contribution in [0.2, 0.25) is 0 Å². The van der Waals surface area contributed by atoms with E-state index >= 15 is 0 Å². The molecule has 2 aromatic carbocycles. The summed E-state index contributed by atoms with van der Waals surface area (Å²) in [6.07, 6.45) is 3.64. The molecule has 0 N–H and O–H groups in total. The van der Waals surface area contributed by atoms with Crippen molar-refractivity contribution in [3.05, 3.63) is 71.3 Å². The van der Waals surface area contributed by atoms with Gasteiger partial charge in [-0.15, -0.1) is 0 Å². The predicted molar refractivity (Wildman–Crippen MR) is 87.8 cm³/mol. The SMILES string of the molecule is O=C(C=Cc1c(F)cccc1F)c1ccc(N2CCCC2=O)cc1. The van der Waals surface area contributed by atoms with Crippen LogP contribution in [0.3, 0.4) is 0 Å². The molecule has 1 fully saturated rings. The van der Waals surface area contributed by atoms with E-state index < -0.39 is 11.6 Å². The van der Waals surface area contributed by atoms with Crippen molar-refractivity contribution >= 4 is 23.5 Å². The van der Waals surface area contributed by atoms with Gasteiger partial charge in [0.15, 0.2) is 5.78 Å². The standard InChI is InChI=1S/C19H15F2NO2/c20-16-3-1-4-17(21)15(16)10-11-18(23)13-6-8-14(9-7-13)22-12-2-5-19(22)24/h1,3-4,6-11H,2,5,12H2. The second-order valence-electron chi connectivity index (χ2n) is 5.53. The lowest BCUT2D eigenvalue weighted by atomic mass is 10.1. The summed E-state index contributed by atoms with van der Waals surface area (Å²) in [5.41, 5.74) is 0.890. The van der Waals surface area contributed by atoms with Crippen LogP contribution >= 0.6 is 0 Å². The van der Waals surface area contributed by atoms with E-state index in [-0.39, 0.29) is 17.3 Å². The molecule has 0 saturated carbocycles. The molecule has 5 heteroatoms. The Morgan fingerprint density at radius 3 is 2.29 bits per heavy atom. The van der Waals surface area contributed by atoms with Gasteiger partial charge >= 0.3 is 0 Å². The van der Waals surface area contributed by atoms with Gasteiger partial charge in [-0.1, -0.05) is 6.07 Å². The minimum Gasteiger partial charge on any atom is -0.312 e. The Morgan fingerprint density at radius 1 is 1.04 bits per heavy atom. The number of hydrogen-bond acceptors (Lipinski definition) is 2. The van der Waals surface area contributed by atoms with Crippen LogP contribution in [-0.2, 0) is 4.79 Å². The van der Waals surface area contributed by atoms with Crippen molar-refractivity contribution in [3.63, 3.8) is 0 Å². The van der Waals surface area contributed by atoms with E-state index in [9.17, 15) is 18.4 Å². The molecule has 1 saturated heterocycles. The van der Waals surface area contributed by atoms with Crippen LogP contribution in [-0.4, -0.2) is 18.2 Å². The zero-order chi connectivity index (χ0) is 17.1. The second-order valence-corrected chi connectivity index (χ2v) is 5.53. The Labute approximate surface area is 138 Å². The summed E-state index contributed by atoms with van der Waals surface area (Å²) in [6.45, 7) is 0.679. The third-order valence-corrected chi connectivity index (χ3v) is 3.94. The van der Waals surface area contributed by atoms with Gasteiger partial charge in [0, 0.05) is 29.8 Å². The topological polar surface area (TPSA) is 37.4 Å². The van der Waals surface area contributed by atoms with Crippen molar-refractivity contribution in [1.82, 2.24) is 0 Å². The highest BCUT2D eigenvalue weighted by Gasteiger charge is 2.21. The van der Waals surface area contributed by atoms with Gasteiger partial charge in [0.25, 0.3) is 0 Å². The first-order chi connectivity index (χ1) is 11.6. The van der Waals surface area contributed by atoms with Crippen LogP contribution in [0.4, 0.5) is 14.5 Å². The summed E-state index contributed by atoms with van der Waals surface area (Å²) in [6, 6.07) is 10.1. The van der Waals surface area contributed by atoms with Gasteiger partial charge in [0.1, 0.15) is 11.6 Å². The molecule has 0 bridgehead atoms. The highest BCUT2D eigenvalue weighted by atomic mass is 19.1. The number of carbonyl (C=O) groups is 2. The van der Waals surface area contributed by atoms with Gasteiger partial charge in [0.2, 0.25) is 5.91 Å². The molecule has 24 heavy (non-hydrogen) atoms. The molecule has 2 aromatic rings. The van der Waals surface area contributed by atoms with E-state index in [0.717, 1.165) is 36.4 Å². The summed E-state index contributed by atoms with van der Waals surface area (Å²) < 4.78 is 27.1. The van der Waals surface area contributed by atoms with Crippen molar-refractivity contribution in [2.45, 2.75) is 12.8 Å². The lowest BCUT2D eigenvalue weighted by Gasteiger charge is -2.15. The normalized spacial score (nSPS) is 14.6. The summed E-state index contributed by atoms with van der Waals surface area (Å²) >= 11 is 0. The van der Waals surface area contributed by atoms with Crippen molar-refractivity contribution in [2.24, 2.45) is 0 Å². The smallest absolute Gasteiger partial charge is 0.227 e. The van der Waals surface area contributed by atoms with Gasteiger partial charge in [-0.05, 0) is 55.0 Å². The van der Waals surface area contributed by atoms with Crippen molar-refractivity contribution in [2.75, 3.05) is 11.4 Å². The Kier molecular flexibility index (Phi) is 4.51. The third kappa shape index (κ3) is 3.25. The fourth-order valence-corrected chi connectivity index (χ4v) is 2.65. The van der Waals surface area contributed by atoms with E-state index in [1.54, 1.807) is 29.2 Å². The maximum absolute atomic E-state index is 13.5. The van der Waals surface area contributed by atoms with Crippen LogP contribution < -0.4 is 4.90 Å². The number of ketones is 1. The minimum absolute atomic E-state index is 0.0731. The van der Waals surface area contributed by atoms with Gasteiger partial charge in [-0.25, -0.2) is 8.78 Å². The molecular formula is C19H15F2NO2. The number of rotatable bonds is 4. The van der Waals surface area contributed by atoms with Crippen LogP contribution in [0, 0.1) is 11.6 Å². The third-order valence-electron chi connectivity index (χ3n) is 3.94. The van der Waals surface area contributed by atoms with E-state index in [2.05, 4.69) is 0 Å². The zero-order valence-corrected chi connectivity index (χ0v) is 12.8. The Morgan fingerprint density at radius 2 is 1.71 bits per heavy atom. The van der Waals surface area contributed by atoms with Gasteiger partial charge in [-0.3, -0.25) is 9.59 Å². The van der Waals surface area contributed by atoms with Gasteiger partial charge in [0.05, 0.1) is 0 Å². The number of hydrogen-bond donors (Lipinski definition) is 0. The quantitative estimate of drug-likeness (QED) is 0.629. The number of carbonyl (C=O) groups excluding carboxylic acids is 2. The zero-order valence-electron chi connectivity index (χ0n) is 12.8. The number of benzene rings is 2. The number of nitrogens with zero attached hydrogens (tertiary/aromatic N) is 1. The van der Waals surface area contributed by atoms with E-state index in [0.29, 0.717) is 18.5 Å². The highest BCUT2D eigenvalue weighted by molar-refractivity contribution is 6.07. The molecule has 1 aliphatic rings. The Balaban J connectivity index is 1.76. The fourth-order valence-electron chi connectivity index (χ4n) is 2.65. The highest BCUT2D eigenvalue weighted by Crippen LogP contribution is 2.22. The van der Waals surface area contributed by atoms with Gasteiger partial charge < -0.3 is 4.90 Å². The average molecular weight is 327 g/mol. The number of anilines is 1. The lowest BCUT2D eigenvalue weighted by molar-refractivity contribution is -0.117. The van der Waals surface area contributed by atoms with Crippen molar-refractivity contribution < 1.29 is 18.4 Å². The van der Waals surface area contributed by atoms with E-state index in [1.165, 1.54) is 6.07 Å². The van der Waals surface area contributed by atoms with Crippen molar-refractivity contribution in [3.8, 4) is 0 Å². The molecule has 3 nitrogen and oxygen atoms in total. The monoisotopic (exact) mass is 327 g/mol. The molecule has 1 aliphatic heterocycles. The minimum atomic E-state index is -0.720. The maximum atomic E-state index is 13.5. The van der Waals surface area contributed by atoms with Crippen LogP contribution in [0.5, 0.6) is 0 Å². The van der Waals surface area contributed by atoms with Gasteiger partial charge in [-0.2, -0.15) is 0 Å². The Hall–Kier alpha value is -2.82. The fraction of sp³-hybridized carbons (Fsp3) is 0.158. The van der Waals surface area contributed by atoms with E-state index in [4.69, 9.17) is 0 Å². The van der Waals surface area contributed by atoms with E-state index in [1.807, 2.05) is 0 Å².